The van der Waals surface area contributed by atoms with Gasteiger partial charge in [-0.3, -0.25) is 4.79 Å². The minimum atomic E-state index is -0.482. The molecule has 2 rings (SSSR count). The maximum Gasteiger partial charge on any atom is 0.250 e. The first-order chi connectivity index (χ1) is 10.1. The first kappa shape index (κ1) is 15.2. The van der Waals surface area contributed by atoms with Crippen LogP contribution in [0.5, 0.6) is 0 Å². The van der Waals surface area contributed by atoms with Crippen molar-refractivity contribution in [1.29, 1.82) is 5.26 Å². The molecular formula is C14H16N4O2S. The molecule has 3 N–H and O–H groups in total. The Labute approximate surface area is 126 Å². The lowest BCUT2D eigenvalue weighted by atomic mass is 10.2. The first-order valence-corrected chi connectivity index (χ1v) is 7.39. The Bertz CT molecular complexity index is 696. The van der Waals surface area contributed by atoms with E-state index >= 15 is 0 Å². The minimum Gasteiger partial charge on any atom is -0.396 e. The van der Waals surface area contributed by atoms with Crippen molar-refractivity contribution in [2.24, 2.45) is 5.73 Å². The maximum atomic E-state index is 11.5. The highest BCUT2D eigenvalue weighted by Gasteiger charge is 2.18. The molecule has 2 heterocycles. The summed E-state index contributed by atoms with van der Waals surface area (Å²) in [6, 6.07) is 3.79. The molecule has 0 aliphatic heterocycles. The fourth-order valence-electron chi connectivity index (χ4n) is 2.20. The van der Waals surface area contributed by atoms with E-state index in [1.165, 1.54) is 11.3 Å². The van der Waals surface area contributed by atoms with Crippen LogP contribution in [0, 0.1) is 18.3 Å². The summed E-state index contributed by atoms with van der Waals surface area (Å²) in [7, 11) is 0. The van der Waals surface area contributed by atoms with Crippen molar-refractivity contribution in [3.8, 4) is 17.5 Å². The number of carbonyl (C=O) groups excluding carboxylic acids is 1. The highest BCUT2D eigenvalue weighted by molar-refractivity contribution is 7.10. The van der Waals surface area contributed by atoms with Gasteiger partial charge in [-0.05, 0) is 19.4 Å². The number of nitriles is 1. The van der Waals surface area contributed by atoms with Crippen LogP contribution in [-0.2, 0) is 13.0 Å². The van der Waals surface area contributed by atoms with Gasteiger partial charge >= 0.3 is 0 Å². The second-order valence-corrected chi connectivity index (χ2v) is 5.53. The monoisotopic (exact) mass is 304 g/mol. The van der Waals surface area contributed by atoms with Crippen LogP contribution in [0.2, 0.25) is 0 Å². The summed E-state index contributed by atoms with van der Waals surface area (Å²) in [6.07, 6.45) is 0.847. The molecule has 0 aromatic carbocycles. The number of aromatic nitrogens is 2. The molecule has 0 atom stereocenters. The second kappa shape index (κ2) is 6.52. The van der Waals surface area contributed by atoms with Gasteiger partial charge in [0, 0.05) is 24.2 Å². The molecule has 2 aromatic rings. The summed E-state index contributed by atoms with van der Waals surface area (Å²) in [5, 5.41) is 20.3. The average molecular weight is 304 g/mol. The van der Waals surface area contributed by atoms with Crippen LogP contribution < -0.4 is 5.73 Å². The molecule has 2 aromatic heterocycles. The normalized spacial score (nSPS) is 10.5. The molecule has 0 saturated heterocycles. The first-order valence-electron chi connectivity index (χ1n) is 6.51. The molecule has 0 aliphatic rings. The van der Waals surface area contributed by atoms with Gasteiger partial charge in [-0.1, -0.05) is 0 Å². The lowest BCUT2D eigenvalue weighted by Gasteiger charge is -2.09. The molecule has 0 spiro atoms. The Morgan fingerprint density at radius 1 is 1.62 bits per heavy atom. The van der Waals surface area contributed by atoms with E-state index in [1.54, 1.807) is 6.07 Å². The number of aliphatic hydroxyl groups excluding tert-OH is 1. The van der Waals surface area contributed by atoms with Crippen LogP contribution in [0.15, 0.2) is 11.4 Å². The summed E-state index contributed by atoms with van der Waals surface area (Å²) >= 11 is 1.41. The lowest BCUT2D eigenvalue weighted by molar-refractivity contribution is 0.0999. The van der Waals surface area contributed by atoms with Crippen LogP contribution in [0.4, 0.5) is 0 Å². The number of carbonyl (C=O) groups is 1. The Balaban J connectivity index is 2.47. The zero-order chi connectivity index (χ0) is 15.4. The van der Waals surface area contributed by atoms with Crippen molar-refractivity contribution in [3.05, 3.63) is 27.7 Å². The van der Waals surface area contributed by atoms with E-state index in [1.807, 2.05) is 16.9 Å². The average Bonchev–Trinajstić information content (AvgIpc) is 3.02. The van der Waals surface area contributed by atoms with E-state index < -0.39 is 5.91 Å². The number of rotatable bonds is 6. The zero-order valence-corrected chi connectivity index (χ0v) is 12.5. The number of nitrogens with two attached hydrogens (primary N) is 1. The van der Waals surface area contributed by atoms with E-state index in [0.29, 0.717) is 18.5 Å². The predicted molar refractivity (Wildman–Crippen MR) is 79.8 cm³/mol. The van der Waals surface area contributed by atoms with E-state index in [4.69, 9.17) is 16.1 Å². The molecule has 0 bridgehead atoms. The zero-order valence-electron chi connectivity index (χ0n) is 11.7. The third-order valence-electron chi connectivity index (χ3n) is 3.22. The quantitative estimate of drug-likeness (QED) is 0.843. The number of nitrogens with zero attached hydrogens (tertiary/aromatic N) is 3. The Morgan fingerprint density at radius 2 is 2.38 bits per heavy atom. The van der Waals surface area contributed by atoms with Gasteiger partial charge in [0.15, 0.2) is 0 Å². The fraction of sp³-hybridized carbons (Fsp3) is 0.357. The highest BCUT2D eigenvalue weighted by atomic mass is 32.1. The van der Waals surface area contributed by atoms with Gasteiger partial charge < -0.3 is 15.4 Å². The molecule has 0 unspecified atom stereocenters. The standard InChI is InChI=1S/C14H16N4O2S/c1-9-10(14(16)20)7-12(18(9)5-2-6-19)11-8-21-13(17-11)3-4-15/h7-8,19H,2-3,5-6H2,1H3,(H2,16,20). The molecule has 0 fully saturated rings. The summed E-state index contributed by atoms with van der Waals surface area (Å²) < 4.78 is 1.93. The predicted octanol–water partition coefficient (Wildman–Crippen LogP) is 1.47. The second-order valence-electron chi connectivity index (χ2n) is 4.58. The number of thiazole rings is 1. The van der Waals surface area contributed by atoms with Crippen LogP contribution in [0.1, 0.15) is 27.5 Å². The van der Waals surface area contributed by atoms with Gasteiger partial charge in [0.25, 0.3) is 5.91 Å². The van der Waals surface area contributed by atoms with E-state index in [0.717, 1.165) is 22.1 Å². The van der Waals surface area contributed by atoms with E-state index in [9.17, 15) is 4.79 Å². The lowest BCUT2D eigenvalue weighted by Crippen LogP contribution is -2.12. The molecule has 110 valence electrons. The van der Waals surface area contributed by atoms with Crippen molar-refractivity contribution in [2.75, 3.05) is 6.61 Å². The number of hydrogen-bond acceptors (Lipinski definition) is 5. The van der Waals surface area contributed by atoms with Crippen molar-refractivity contribution in [3.63, 3.8) is 0 Å². The van der Waals surface area contributed by atoms with Crippen LogP contribution in [0.3, 0.4) is 0 Å². The molecular weight excluding hydrogens is 288 g/mol. The number of amides is 1. The van der Waals surface area contributed by atoms with Crippen LogP contribution in [-0.4, -0.2) is 27.2 Å². The van der Waals surface area contributed by atoms with Crippen molar-refractivity contribution in [2.45, 2.75) is 26.3 Å². The largest absolute Gasteiger partial charge is 0.396 e. The van der Waals surface area contributed by atoms with E-state index in [-0.39, 0.29) is 13.0 Å². The molecule has 7 heteroatoms. The molecule has 0 radical (unpaired) electrons. The van der Waals surface area contributed by atoms with Gasteiger partial charge in [-0.25, -0.2) is 4.98 Å². The number of primary amides is 1. The fourth-order valence-corrected chi connectivity index (χ4v) is 2.92. The van der Waals surface area contributed by atoms with Crippen LogP contribution >= 0.6 is 11.3 Å². The number of aliphatic hydroxyl groups is 1. The SMILES string of the molecule is Cc1c(C(N)=O)cc(-c2csc(CC#N)n2)n1CCCO. The summed E-state index contributed by atoms with van der Waals surface area (Å²) in [5.74, 6) is -0.482. The Hall–Kier alpha value is -2.17. The number of hydrogen-bond donors (Lipinski definition) is 2. The highest BCUT2D eigenvalue weighted by Crippen LogP contribution is 2.27. The Morgan fingerprint density at radius 3 is 3.00 bits per heavy atom. The molecule has 21 heavy (non-hydrogen) atoms. The Kier molecular flexibility index (Phi) is 4.73. The molecule has 1 amide bonds. The van der Waals surface area contributed by atoms with Crippen molar-refractivity contribution < 1.29 is 9.90 Å². The minimum absolute atomic E-state index is 0.0692. The van der Waals surface area contributed by atoms with Crippen molar-refractivity contribution in [1.82, 2.24) is 9.55 Å². The smallest absolute Gasteiger partial charge is 0.250 e. The van der Waals surface area contributed by atoms with E-state index in [2.05, 4.69) is 11.1 Å². The third kappa shape index (κ3) is 3.12. The van der Waals surface area contributed by atoms with Gasteiger partial charge in [0.2, 0.25) is 0 Å². The van der Waals surface area contributed by atoms with Gasteiger partial charge in [0.05, 0.1) is 29.4 Å². The third-order valence-corrected chi connectivity index (χ3v) is 4.07. The summed E-state index contributed by atoms with van der Waals surface area (Å²) in [4.78, 5) is 15.9. The molecule has 0 aliphatic carbocycles. The summed E-state index contributed by atoms with van der Waals surface area (Å²) in [6.45, 7) is 2.47. The van der Waals surface area contributed by atoms with Crippen LogP contribution in [0.25, 0.3) is 11.4 Å². The van der Waals surface area contributed by atoms with Gasteiger partial charge in [-0.15, -0.1) is 11.3 Å². The van der Waals surface area contributed by atoms with Crippen molar-refractivity contribution >= 4 is 17.2 Å². The van der Waals surface area contributed by atoms with Gasteiger partial charge in [0.1, 0.15) is 5.01 Å². The maximum absolute atomic E-state index is 11.5. The summed E-state index contributed by atoms with van der Waals surface area (Å²) in [5.41, 5.74) is 8.12. The topological polar surface area (TPSA) is 105 Å². The molecule has 0 saturated carbocycles. The van der Waals surface area contributed by atoms with Gasteiger partial charge in [-0.2, -0.15) is 5.26 Å². The molecule has 6 nitrogen and oxygen atoms in total.